The van der Waals surface area contributed by atoms with E-state index in [1.807, 2.05) is 0 Å². The van der Waals surface area contributed by atoms with Crippen molar-refractivity contribution in [3.63, 3.8) is 0 Å². The van der Waals surface area contributed by atoms with Gasteiger partial charge in [0.15, 0.2) is 21.7 Å². The average molecular weight is 352 g/mol. The molecule has 0 rings (SSSR count). The number of carbonyl (C=O) groups is 1. The third-order valence-electron chi connectivity index (χ3n) is 2.52. The standard InChI is InChI=1S/C11H23OS.CHF3O3S/c1-4-7-8-9-11(12)10-13(5-2)6-3;2-1(3,4)8(5,6)7/h4-10H2,1-3H3;(H,5,6,7)/q+1;/p-1. The van der Waals surface area contributed by atoms with Crippen LogP contribution in [0.4, 0.5) is 13.2 Å². The molecular formula is C12H23F3O4S2. The highest BCUT2D eigenvalue weighted by atomic mass is 32.2. The molecule has 0 aromatic heterocycles. The molecule has 0 amide bonds. The van der Waals surface area contributed by atoms with Gasteiger partial charge in [-0.3, -0.25) is 4.79 Å². The lowest BCUT2D eigenvalue weighted by atomic mass is 10.2. The van der Waals surface area contributed by atoms with Crippen molar-refractivity contribution in [2.75, 3.05) is 17.3 Å². The van der Waals surface area contributed by atoms with Crippen LogP contribution in [0.15, 0.2) is 0 Å². The Morgan fingerprint density at radius 1 is 1.10 bits per heavy atom. The smallest absolute Gasteiger partial charge is 0.485 e. The highest BCUT2D eigenvalue weighted by molar-refractivity contribution is 7.97. The first-order valence-electron chi connectivity index (χ1n) is 6.67. The number of rotatable bonds is 8. The summed E-state index contributed by atoms with van der Waals surface area (Å²) in [6, 6.07) is 0. The lowest BCUT2D eigenvalue weighted by Gasteiger charge is -2.08. The van der Waals surface area contributed by atoms with Crippen molar-refractivity contribution >= 4 is 26.8 Å². The molecule has 0 heterocycles. The van der Waals surface area contributed by atoms with Crippen LogP contribution in [0, 0.1) is 0 Å². The van der Waals surface area contributed by atoms with Crippen molar-refractivity contribution < 1.29 is 30.9 Å². The molecule has 0 aliphatic carbocycles. The lowest BCUT2D eigenvalue weighted by molar-refractivity contribution is -0.116. The van der Waals surface area contributed by atoms with E-state index in [9.17, 15) is 18.0 Å². The Morgan fingerprint density at radius 3 is 1.81 bits per heavy atom. The van der Waals surface area contributed by atoms with E-state index < -0.39 is 15.6 Å². The Labute approximate surface area is 127 Å². The molecule has 0 bridgehead atoms. The molecule has 0 saturated carbocycles. The predicted octanol–water partition coefficient (Wildman–Crippen LogP) is 2.85. The van der Waals surface area contributed by atoms with Gasteiger partial charge in [0, 0.05) is 6.42 Å². The third-order valence-corrected chi connectivity index (χ3v) is 5.45. The van der Waals surface area contributed by atoms with E-state index in [1.54, 1.807) is 0 Å². The van der Waals surface area contributed by atoms with Crippen LogP contribution in [-0.2, 0) is 25.8 Å². The fraction of sp³-hybridized carbons (Fsp3) is 0.917. The van der Waals surface area contributed by atoms with Crippen LogP contribution in [0.5, 0.6) is 0 Å². The molecule has 0 saturated heterocycles. The molecule has 0 fully saturated rings. The van der Waals surface area contributed by atoms with Crippen LogP contribution < -0.4 is 0 Å². The van der Waals surface area contributed by atoms with E-state index >= 15 is 0 Å². The highest BCUT2D eigenvalue weighted by Crippen LogP contribution is 2.20. The summed E-state index contributed by atoms with van der Waals surface area (Å²) in [6.45, 7) is 6.55. The molecule has 4 nitrogen and oxygen atoms in total. The van der Waals surface area contributed by atoms with Gasteiger partial charge >= 0.3 is 5.51 Å². The minimum atomic E-state index is -6.09. The predicted molar refractivity (Wildman–Crippen MR) is 78.2 cm³/mol. The van der Waals surface area contributed by atoms with Gasteiger partial charge in [0.05, 0.1) is 0 Å². The molecule has 21 heavy (non-hydrogen) atoms. The molecular weight excluding hydrogens is 329 g/mol. The largest absolute Gasteiger partial charge is 0.741 e. The monoisotopic (exact) mass is 352 g/mol. The van der Waals surface area contributed by atoms with Crippen LogP contribution in [0.25, 0.3) is 0 Å². The summed E-state index contributed by atoms with van der Waals surface area (Å²) >= 11 is 0. The van der Waals surface area contributed by atoms with Gasteiger partial charge in [-0.1, -0.05) is 19.8 Å². The van der Waals surface area contributed by atoms with Gasteiger partial charge in [-0.25, -0.2) is 8.42 Å². The summed E-state index contributed by atoms with van der Waals surface area (Å²) in [7, 11) is -5.71. The number of hydrogen-bond donors (Lipinski definition) is 0. The van der Waals surface area contributed by atoms with Crippen molar-refractivity contribution in [2.45, 2.75) is 52.0 Å². The first-order chi connectivity index (χ1) is 9.49. The number of ketones is 1. The molecule has 0 radical (unpaired) electrons. The van der Waals surface area contributed by atoms with Gasteiger partial charge in [-0.05, 0) is 31.2 Å². The zero-order chi connectivity index (χ0) is 17.1. The van der Waals surface area contributed by atoms with E-state index in [-0.39, 0.29) is 0 Å². The fourth-order valence-corrected chi connectivity index (χ4v) is 2.70. The second-order valence-corrected chi connectivity index (χ2v) is 8.27. The maximum absolute atomic E-state index is 11.5. The van der Waals surface area contributed by atoms with Crippen LogP contribution >= 0.6 is 0 Å². The van der Waals surface area contributed by atoms with Crippen molar-refractivity contribution in [1.82, 2.24) is 0 Å². The van der Waals surface area contributed by atoms with Crippen molar-refractivity contribution in [2.24, 2.45) is 0 Å². The Hall–Kier alpha value is -0.280. The average Bonchev–Trinajstić information content (AvgIpc) is 2.34. The zero-order valence-corrected chi connectivity index (χ0v) is 14.2. The van der Waals surface area contributed by atoms with E-state index in [0.717, 1.165) is 18.6 Å². The Bertz CT molecular complexity index is 376. The first kappa shape index (κ1) is 23.0. The van der Waals surface area contributed by atoms with E-state index in [1.165, 1.54) is 24.3 Å². The van der Waals surface area contributed by atoms with Gasteiger partial charge in [0.1, 0.15) is 11.5 Å². The van der Waals surface area contributed by atoms with Gasteiger partial charge in [0.25, 0.3) is 0 Å². The maximum Gasteiger partial charge on any atom is 0.485 e. The van der Waals surface area contributed by atoms with E-state index in [4.69, 9.17) is 13.0 Å². The van der Waals surface area contributed by atoms with Crippen LogP contribution in [0.3, 0.4) is 0 Å². The van der Waals surface area contributed by atoms with Crippen molar-refractivity contribution in [1.29, 1.82) is 0 Å². The quantitative estimate of drug-likeness (QED) is 0.291. The van der Waals surface area contributed by atoms with Gasteiger partial charge in [-0.2, -0.15) is 13.2 Å². The molecule has 0 aliphatic heterocycles. The molecule has 0 spiro atoms. The Balaban J connectivity index is 0. The van der Waals surface area contributed by atoms with E-state index in [0.29, 0.717) is 16.7 Å². The summed E-state index contributed by atoms with van der Waals surface area (Å²) in [6.07, 6.45) is 4.33. The van der Waals surface area contributed by atoms with Gasteiger partial charge in [-0.15, -0.1) is 0 Å². The van der Waals surface area contributed by atoms with Crippen LogP contribution in [0.2, 0.25) is 0 Å². The Kier molecular flexibility index (Phi) is 12.4. The number of halogens is 3. The highest BCUT2D eigenvalue weighted by Gasteiger charge is 2.36. The van der Waals surface area contributed by atoms with Gasteiger partial charge < -0.3 is 4.55 Å². The normalized spacial score (nSPS) is 12.0. The molecule has 128 valence electrons. The minimum Gasteiger partial charge on any atom is -0.741 e. The molecule has 0 aromatic rings. The number of unbranched alkanes of at least 4 members (excludes halogenated alkanes) is 2. The molecule has 0 atom stereocenters. The SMILES string of the molecule is CCCCCC(=O)C[S+](CC)CC.O=S(=O)([O-])C(F)(F)F. The summed E-state index contributed by atoms with van der Waals surface area (Å²) in [4.78, 5) is 11.5. The molecule has 0 N–H and O–H groups in total. The Morgan fingerprint density at radius 2 is 1.52 bits per heavy atom. The molecule has 0 aliphatic rings. The third kappa shape index (κ3) is 13.1. The maximum atomic E-state index is 11.5. The number of Topliss-reactive ketones (excluding diaryl/α,β-unsaturated/α-hetero) is 1. The second-order valence-electron chi connectivity index (χ2n) is 4.23. The number of hydrogen-bond acceptors (Lipinski definition) is 4. The molecule has 0 unspecified atom stereocenters. The molecule has 9 heteroatoms. The summed E-state index contributed by atoms with van der Waals surface area (Å²) in [5.74, 6) is 3.68. The zero-order valence-electron chi connectivity index (χ0n) is 12.5. The number of alkyl halides is 3. The molecule has 0 aromatic carbocycles. The van der Waals surface area contributed by atoms with Crippen LogP contribution in [-0.4, -0.2) is 41.5 Å². The lowest BCUT2D eigenvalue weighted by Crippen LogP contribution is -2.21. The van der Waals surface area contributed by atoms with Crippen molar-refractivity contribution in [3.05, 3.63) is 0 Å². The number of carbonyl (C=O) groups excluding carboxylic acids is 1. The van der Waals surface area contributed by atoms with Gasteiger partial charge in [0.2, 0.25) is 0 Å². The summed E-state index contributed by atoms with van der Waals surface area (Å²) in [5.41, 5.74) is -5.65. The van der Waals surface area contributed by atoms with Crippen LogP contribution in [0.1, 0.15) is 46.5 Å². The van der Waals surface area contributed by atoms with Crippen molar-refractivity contribution in [3.8, 4) is 0 Å². The van der Waals surface area contributed by atoms with E-state index in [2.05, 4.69) is 20.8 Å². The summed E-state index contributed by atoms with van der Waals surface area (Å²) in [5, 5.41) is 0. The topological polar surface area (TPSA) is 74.3 Å². The second kappa shape index (κ2) is 11.3. The summed E-state index contributed by atoms with van der Waals surface area (Å²) < 4.78 is 58.9. The fourth-order valence-electron chi connectivity index (χ4n) is 1.28. The minimum absolute atomic E-state index is 0.377. The first-order valence-corrected chi connectivity index (χ1v) is 9.81.